The number of aliphatic hydroxyl groups is 1. The molecule has 0 saturated heterocycles. The highest BCUT2D eigenvalue weighted by Gasteiger charge is 2.18. The number of hydrogen-bond acceptors (Lipinski definition) is 6. The minimum atomic E-state index is -0.547. The van der Waals surface area contributed by atoms with E-state index in [9.17, 15) is 9.59 Å². The van der Waals surface area contributed by atoms with Gasteiger partial charge in [-0.25, -0.2) is 4.79 Å². The monoisotopic (exact) mass is 402 g/mol. The van der Waals surface area contributed by atoms with Gasteiger partial charge in [0.1, 0.15) is 16.7 Å². The Kier molecular flexibility index (Phi) is 6.94. The molecule has 6 nitrogen and oxygen atoms in total. The van der Waals surface area contributed by atoms with E-state index in [-0.39, 0.29) is 19.9 Å². The fraction of sp³-hybridized carbons (Fsp3) is 0.158. The van der Waals surface area contributed by atoms with Crippen LogP contribution in [-0.4, -0.2) is 27.9 Å². The van der Waals surface area contributed by atoms with Gasteiger partial charge in [0.05, 0.1) is 13.2 Å². The first-order chi connectivity index (χ1) is 13.2. The second kappa shape index (κ2) is 9.61. The van der Waals surface area contributed by atoms with E-state index < -0.39 is 11.2 Å². The lowest BCUT2D eigenvalue weighted by molar-refractivity contribution is 0.0405. The van der Waals surface area contributed by atoms with Crippen molar-refractivity contribution in [3.05, 3.63) is 81.5 Å². The van der Waals surface area contributed by atoms with E-state index >= 15 is 0 Å². The van der Waals surface area contributed by atoms with E-state index in [1.807, 2.05) is 60.7 Å². The normalized spacial score (nSPS) is 10.9. The molecule has 140 valence electrons. The van der Waals surface area contributed by atoms with E-state index in [1.165, 1.54) is 28.1 Å². The second-order valence-corrected chi connectivity index (χ2v) is 7.56. The lowest BCUT2D eigenvalue weighted by Crippen LogP contribution is -2.33. The van der Waals surface area contributed by atoms with Gasteiger partial charge in [0.25, 0.3) is 5.56 Å². The number of hydrogen-bond donors (Lipinski definition) is 2. The number of rotatable bonds is 8. The third-order valence-corrected chi connectivity index (χ3v) is 5.83. The van der Waals surface area contributed by atoms with E-state index in [0.717, 1.165) is 9.79 Å². The summed E-state index contributed by atoms with van der Waals surface area (Å²) in [6.45, 7) is -0.110. The van der Waals surface area contributed by atoms with Crippen molar-refractivity contribution in [2.24, 2.45) is 0 Å². The van der Waals surface area contributed by atoms with Crippen LogP contribution in [0.1, 0.15) is 0 Å². The predicted molar refractivity (Wildman–Crippen MR) is 105 cm³/mol. The van der Waals surface area contributed by atoms with Crippen LogP contribution in [0.4, 0.5) is 0 Å². The van der Waals surface area contributed by atoms with Gasteiger partial charge in [-0.15, -0.1) is 0 Å². The molecule has 0 aliphatic heterocycles. The van der Waals surface area contributed by atoms with Crippen LogP contribution in [0.3, 0.4) is 0 Å². The molecule has 0 unspecified atom stereocenters. The Balaban J connectivity index is 2.07. The summed E-state index contributed by atoms with van der Waals surface area (Å²) in [4.78, 5) is 29.5. The van der Waals surface area contributed by atoms with Gasteiger partial charge in [-0.2, -0.15) is 0 Å². The molecule has 1 aromatic heterocycles. The van der Waals surface area contributed by atoms with Gasteiger partial charge in [0, 0.05) is 9.79 Å². The lowest BCUT2D eigenvalue weighted by Gasteiger charge is -2.15. The maximum Gasteiger partial charge on any atom is 0.331 e. The number of ether oxygens (including phenoxy) is 1. The largest absolute Gasteiger partial charge is 0.394 e. The van der Waals surface area contributed by atoms with E-state index in [4.69, 9.17) is 9.84 Å². The SMILES string of the molecule is O=c1[nH]c(=O)n(COCCO)c(Sc2ccccc2)c1Sc1ccccc1. The molecule has 2 aromatic carbocycles. The summed E-state index contributed by atoms with van der Waals surface area (Å²) in [7, 11) is 0. The Labute approximate surface area is 164 Å². The van der Waals surface area contributed by atoms with Crippen LogP contribution in [0, 0.1) is 0 Å². The van der Waals surface area contributed by atoms with Gasteiger partial charge in [0.2, 0.25) is 0 Å². The Hall–Kier alpha value is -2.26. The van der Waals surface area contributed by atoms with Crippen LogP contribution in [0.2, 0.25) is 0 Å². The lowest BCUT2D eigenvalue weighted by atomic mass is 10.4. The van der Waals surface area contributed by atoms with Crippen LogP contribution >= 0.6 is 23.5 Å². The first-order valence-electron chi connectivity index (χ1n) is 8.20. The van der Waals surface area contributed by atoms with Gasteiger partial charge in [-0.3, -0.25) is 14.3 Å². The third-order valence-electron chi connectivity index (χ3n) is 3.49. The summed E-state index contributed by atoms with van der Waals surface area (Å²) < 4.78 is 6.72. The molecule has 3 rings (SSSR count). The molecule has 2 N–H and O–H groups in total. The Morgan fingerprint density at radius 3 is 2.11 bits per heavy atom. The van der Waals surface area contributed by atoms with Crippen molar-refractivity contribution >= 4 is 23.5 Å². The molecule has 1 heterocycles. The van der Waals surface area contributed by atoms with Crippen molar-refractivity contribution in [3.63, 3.8) is 0 Å². The molecule has 27 heavy (non-hydrogen) atoms. The summed E-state index contributed by atoms with van der Waals surface area (Å²) >= 11 is 2.62. The summed E-state index contributed by atoms with van der Waals surface area (Å²) in [5, 5.41) is 9.43. The number of benzene rings is 2. The standard InChI is InChI=1S/C19H18N2O4S2/c22-11-12-25-13-21-18(27-15-9-5-2-6-10-15)16(17(23)20-19(21)24)26-14-7-3-1-4-8-14/h1-10,22H,11-13H2,(H,20,23,24). The van der Waals surface area contributed by atoms with E-state index in [0.29, 0.717) is 9.92 Å². The minimum Gasteiger partial charge on any atom is -0.394 e. The highest BCUT2D eigenvalue weighted by atomic mass is 32.2. The molecule has 0 amide bonds. The molecule has 0 aliphatic rings. The molecule has 0 fully saturated rings. The molecule has 0 spiro atoms. The maximum absolute atomic E-state index is 12.6. The topological polar surface area (TPSA) is 84.3 Å². The van der Waals surface area contributed by atoms with Crippen LogP contribution < -0.4 is 11.2 Å². The molecule has 0 bridgehead atoms. The van der Waals surface area contributed by atoms with Crippen LogP contribution in [0.25, 0.3) is 0 Å². The Bertz CT molecular complexity index is 988. The number of nitrogens with one attached hydrogen (secondary N) is 1. The molecule has 0 aliphatic carbocycles. The zero-order valence-corrected chi connectivity index (χ0v) is 16.0. The van der Waals surface area contributed by atoms with Crippen LogP contribution in [0.5, 0.6) is 0 Å². The molecule has 3 aromatic rings. The van der Waals surface area contributed by atoms with Crippen LogP contribution in [0.15, 0.2) is 90.0 Å². The number of aromatic amines is 1. The summed E-state index contributed by atoms with van der Waals surface area (Å²) in [5.74, 6) is 0. The summed E-state index contributed by atoms with van der Waals surface area (Å²) in [6, 6.07) is 19.0. The van der Waals surface area contributed by atoms with Crippen LogP contribution in [-0.2, 0) is 11.5 Å². The molecule has 0 radical (unpaired) electrons. The first-order valence-corrected chi connectivity index (χ1v) is 9.84. The summed E-state index contributed by atoms with van der Waals surface area (Å²) in [5.41, 5.74) is -0.987. The second-order valence-electron chi connectivity index (χ2n) is 5.41. The Morgan fingerprint density at radius 1 is 0.926 bits per heavy atom. The number of H-pyrrole nitrogens is 1. The average molecular weight is 402 g/mol. The van der Waals surface area contributed by atoms with E-state index in [2.05, 4.69) is 4.98 Å². The highest BCUT2D eigenvalue weighted by molar-refractivity contribution is 8.02. The molecular weight excluding hydrogens is 384 g/mol. The van der Waals surface area contributed by atoms with Crippen molar-refractivity contribution in [2.45, 2.75) is 26.4 Å². The van der Waals surface area contributed by atoms with Gasteiger partial charge in [-0.05, 0) is 24.3 Å². The number of nitrogens with zero attached hydrogens (tertiary/aromatic N) is 1. The van der Waals surface area contributed by atoms with Gasteiger partial charge >= 0.3 is 5.69 Å². The quantitative estimate of drug-likeness (QED) is 0.445. The van der Waals surface area contributed by atoms with Crippen molar-refractivity contribution in [1.82, 2.24) is 9.55 Å². The zero-order chi connectivity index (χ0) is 19.1. The molecule has 8 heteroatoms. The van der Waals surface area contributed by atoms with E-state index in [1.54, 1.807) is 0 Å². The van der Waals surface area contributed by atoms with Crippen molar-refractivity contribution in [1.29, 1.82) is 0 Å². The highest BCUT2D eigenvalue weighted by Crippen LogP contribution is 2.35. The van der Waals surface area contributed by atoms with Gasteiger partial charge in [0.15, 0.2) is 0 Å². The van der Waals surface area contributed by atoms with Crippen molar-refractivity contribution in [2.75, 3.05) is 13.2 Å². The van der Waals surface area contributed by atoms with Gasteiger partial charge in [-0.1, -0.05) is 59.9 Å². The molecule has 0 atom stereocenters. The fourth-order valence-corrected chi connectivity index (χ4v) is 4.34. The molecular formula is C19H18N2O4S2. The zero-order valence-electron chi connectivity index (χ0n) is 14.3. The molecule has 0 saturated carbocycles. The van der Waals surface area contributed by atoms with Gasteiger partial charge < -0.3 is 9.84 Å². The average Bonchev–Trinajstić information content (AvgIpc) is 2.69. The maximum atomic E-state index is 12.6. The predicted octanol–water partition coefficient (Wildman–Crippen LogP) is 2.81. The summed E-state index contributed by atoms with van der Waals surface area (Å²) in [6.07, 6.45) is 0. The fourth-order valence-electron chi connectivity index (χ4n) is 2.27. The van der Waals surface area contributed by atoms with Crippen molar-refractivity contribution < 1.29 is 9.84 Å². The minimum absolute atomic E-state index is 0.0618. The smallest absolute Gasteiger partial charge is 0.331 e. The number of aromatic nitrogens is 2. The first kappa shape index (κ1) is 19.5. The Morgan fingerprint density at radius 2 is 1.52 bits per heavy atom. The third kappa shape index (κ3) is 5.14. The van der Waals surface area contributed by atoms with Crippen molar-refractivity contribution in [3.8, 4) is 0 Å². The number of aliphatic hydroxyl groups excluding tert-OH is 1.